The fraction of sp³-hybridized carbons (Fsp3) is 0.280. The first-order valence-electron chi connectivity index (χ1n) is 11.1. The van der Waals surface area contributed by atoms with Crippen molar-refractivity contribution in [2.45, 2.75) is 30.6 Å². The lowest BCUT2D eigenvalue weighted by Gasteiger charge is -2.26. The highest BCUT2D eigenvalue weighted by atomic mass is 32.2. The Morgan fingerprint density at radius 3 is 2.33 bits per heavy atom. The van der Waals surface area contributed by atoms with Crippen molar-refractivity contribution in [2.24, 2.45) is 0 Å². The quantitative estimate of drug-likeness (QED) is 0.509. The molecular weight excluding hydrogens is 456 g/mol. The van der Waals surface area contributed by atoms with Crippen molar-refractivity contribution in [1.82, 2.24) is 4.31 Å². The molecule has 0 atom stereocenters. The molecule has 1 fully saturated rings. The monoisotopic (exact) mass is 480 g/mol. The van der Waals surface area contributed by atoms with Crippen molar-refractivity contribution >= 4 is 38.7 Å². The maximum atomic E-state index is 13.5. The molecule has 2 aliphatic rings. The Labute approximate surface area is 197 Å². The van der Waals surface area contributed by atoms with Gasteiger partial charge in [0.25, 0.3) is 5.91 Å². The average molecular weight is 481 g/mol. The molecule has 2 aromatic carbocycles. The van der Waals surface area contributed by atoms with Crippen LogP contribution in [0.25, 0.3) is 0 Å². The van der Waals surface area contributed by atoms with Crippen LogP contribution in [0.1, 0.15) is 50.4 Å². The molecule has 33 heavy (non-hydrogen) atoms. The number of thiophene rings is 1. The van der Waals surface area contributed by atoms with Crippen LogP contribution in [0.5, 0.6) is 0 Å². The van der Waals surface area contributed by atoms with Gasteiger partial charge in [0, 0.05) is 30.9 Å². The van der Waals surface area contributed by atoms with Crippen molar-refractivity contribution in [3.8, 4) is 0 Å². The zero-order valence-corrected chi connectivity index (χ0v) is 19.7. The van der Waals surface area contributed by atoms with E-state index in [0.29, 0.717) is 47.7 Å². The fourth-order valence-electron chi connectivity index (χ4n) is 4.56. The summed E-state index contributed by atoms with van der Waals surface area (Å²) in [4.78, 5) is 29.0. The van der Waals surface area contributed by atoms with E-state index in [1.165, 1.54) is 11.3 Å². The standard InChI is InChI=1S/C25H24N2O4S2/c28-24(23-9-6-16-32-23)20-7-2-3-8-21(20)25(29)27-15-12-18-17-19(10-11-22(18)27)33(30,31)26-13-4-1-5-14-26/h2-3,6-11,16-17H,1,4-5,12-15H2. The van der Waals surface area contributed by atoms with Gasteiger partial charge in [0.05, 0.1) is 15.3 Å². The van der Waals surface area contributed by atoms with Gasteiger partial charge < -0.3 is 4.90 Å². The number of fused-ring (bicyclic) bond motifs is 1. The van der Waals surface area contributed by atoms with Gasteiger partial charge >= 0.3 is 0 Å². The Kier molecular flexibility index (Phi) is 5.90. The van der Waals surface area contributed by atoms with E-state index in [1.807, 2.05) is 11.4 Å². The molecule has 0 unspecified atom stereocenters. The largest absolute Gasteiger partial charge is 0.308 e. The van der Waals surface area contributed by atoms with E-state index < -0.39 is 10.0 Å². The first kappa shape index (κ1) is 22.0. The van der Waals surface area contributed by atoms with Gasteiger partial charge in [-0.1, -0.05) is 30.7 Å². The Morgan fingerprint density at radius 2 is 1.61 bits per heavy atom. The number of carbonyl (C=O) groups is 2. The Bertz CT molecular complexity index is 1310. The third-order valence-corrected chi connectivity index (χ3v) is 9.05. The molecule has 0 saturated carbocycles. The summed E-state index contributed by atoms with van der Waals surface area (Å²) in [6, 6.07) is 15.5. The molecule has 1 amide bonds. The van der Waals surface area contributed by atoms with E-state index in [1.54, 1.807) is 57.7 Å². The molecule has 0 radical (unpaired) electrons. The van der Waals surface area contributed by atoms with Gasteiger partial charge in [0.2, 0.25) is 15.8 Å². The molecule has 1 saturated heterocycles. The second-order valence-corrected chi connectivity index (χ2v) is 11.2. The first-order valence-corrected chi connectivity index (χ1v) is 13.4. The molecular formula is C25H24N2O4S2. The van der Waals surface area contributed by atoms with Gasteiger partial charge in [-0.25, -0.2) is 8.42 Å². The lowest BCUT2D eigenvalue weighted by atomic mass is 10.0. The highest BCUT2D eigenvalue weighted by Gasteiger charge is 2.31. The third kappa shape index (κ3) is 4.03. The zero-order chi connectivity index (χ0) is 23.0. The van der Waals surface area contributed by atoms with Crippen LogP contribution >= 0.6 is 11.3 Å². The highest BCUT2D eigenvalue weighted by Crippen LogP contribution is 2.33. The lowest BCUT2D eigenvalue weighted by molar-refractivity contribution is 0.0973. The van der Waals surface area contributed by atoms with Crippen LogP contribution in [-0.4, -0.2) is 44.0 Å². The minimum Gasteiger partial charge on any atom is -0.308 e. The number of anilines is 1. The molecule has 170 valence electrons. The van der Waals surface area contributed by atoms with Crippen LogP contribution in [-0.2, 0) is 16.4 Å². The molecule has 6 nitrogen and oxygen atoms in total. The molecule has 0 aliphatic carbocycles. The summed E-state index contributed by atoms with van der Waals surface area (Å²) < 4.78 is 27.7. The average Bonchev–Trinajstić information content (AvgIpc) is 3.54. The molecule has 3 aromatic rings. The predicted molar refractivity (Wildman–Crippen MR) is 129 cm³/mol. The van der Waals surface area contributed by atoms with Gasteiger partial charge in [0.15, 0.2) is 0 Å². The number of nitrogens with zero attached hydrogens (tertiary/aromatic N) is 2. The fourth-order valence-corrected chi connectivity index (χ4v) is 6.80. The number of carbonyl (C=O) groups excluding carboxylic acids is 2. The number of amides is 1. The molecule has 8 heteroatoms. The van der Waals surface area contributed by atoms with Gasteiger partial charge in [0.1, 0.15) is 0 Å². The Hall–Kier alpha value is -2.81. The number of hydrogen-bond acceptors (Lipinski definition) is 5. The maximum absolute atomic E-state index is 13.5. The number of hydrogen-bond donors (Lipinski definition) is 0. The Balaban J connectivity index is 1.44. The lowest BCUT2D eigenvalue weighted by Crippen LogP contribution is -2.35. The summed E-state index contributed by atoms with van der Waals surface area (Å²) in [5.74, 6) is -0.419. The van der Waals surface area contributed by atoms with Crippen molar-refractivity contribution < 1.29 is 18.0 Å². The van der Waals surface area contributed by atoms with Crippen molar-refractivity contribution in [3.05, 3.63) is 81.5 Å². The van der Waals surface area contributed by atoms with Gasteiger partial charge in [-0.3, -0.25) is 9.59 Å². The molecule has 0 bridgehead atoms. The van der Waals surface area contributed by atoms with Crippen LogP contribution in [0, 0.1) is 0 Å². The van der Waals surface area contributed by atoms with E-state index in [2.05, 4.69) is 0 Å². The van der Waals surface area contributed by atoms with Gasteiger partial charge in [-0.15, -0.1) is 11.3 Å². The molecule has 1 aromatic heterocycles. The van der Waals surface area contributed by atoms with E-state index in [9.17, 15) is 18.0 Å². The van der Waals surface area contributed by atoms with Gasteiger partial charge in [-0.2, -0.15) is 4.31 Å². The van der Waals surface area contributed by atoms with Crippen LogP contribution in [0.4, 0.5) is 5.69 Å². The second kappa shape index (κ2) is 8.85. The smallest absolute Gasteiger partial charge is 0.259 e. The normalized spacial score (nSPS) is 16.5. The molecule has 0 spiro atoms. The number of sulfonamides is 1. The topological polar surface area (TPSA) is 74.8 Å². The summed E-state index contributed by atoms with van der Waals surface area (Å²) in [6.45, 7) is 1.56. The summed E-state index contributed by atoms with van der Waals surface area (Å²) in [6.07, 6.45) is 3.40. The summed E-state index contributed by atoms with van der Waals surface area (Å²) in [5, 5.41) is 1.84. The number of rotatable bonds is 5. The van der Waals surface area contributed by atoms with E-state index in [4.69, 9.17) is 0 Å². The van der Waals surface area contributed by atoms with E-state index >= 15 is 0 Å². The third-order valence-electron chi connectivity index (χ3n) is 6.29. The maximum Gasteiger partial charge on any atom is 0.259 e. The zero-order valence-electron chi connectivity index (χ0n) is 18.1. The second-order valence-electron chi connectivity index (χ2n) is 8.31. The Morgan fingerprint density at radius 1 is 0.848 bits per heavy atom. The van der Waals surface area contributed by atoms with Crippen LogP contribution in [0.2, 0.25) is 0 Å². The molecule has 5 rings (SSSR count). The van der Waals surface area contributed by atoms with Crippen molar-refractivity contribution in [1.29, 1.82) is 0 Å². The predicted octanol–water partition coefficient (Wildman–Crippen LogP) is 4.36. The molecule has 2 aliphatic heterocycles. The van der Waals surface area contributed by atoms with Crippen LogP contribution < -0.4 is 4.90 Å². The molecule has 0 N–H and O–H groups in total. The summed E-state index contributed by atoms with van der Waals surface area (Å²) >= 11 is 1.35. The van der Waals surface area contributed by atoms with Crippen molar-refractivity contribution in [3.63, 3.8) is 0 Å². The van der Waals surface area contributed by atoms with Gasteiger partial charge in [-0.05, 0) is 60.5 Å². The SMILES string of the molecule is O=C(c1cccs1)c1ccccc1C(=O)N1CCc2cc(S(=O)(=O)N3CCCCC3)ccc21. The molecule has 3 heterocycles. The first-order chi connectivity index (χ1) is 16.0. The number of benzene rings is 2. The van der Waals surface area contributed by atoms with Crippen LogP contribution in [0.3, 0.4) is 0 Å². The summed E-state index contributed by atoms with van der Waals surface area (Å²) in [5.41, 5.74) is 2.27. The van der Waals surface area contributed by atoms with Crippen LogP contribution in [0.15, 0.2) is 64.9 Å². The highest BCUT2D eigenvalue weighted by molar-refractivity contribution is 7.89. The minimum atomic E-state index is -3.53. The van der Waals surface area contributed by atoms with Crippen molar-refractivity contribution in [2.75, 3.05) is 24.5 Å². The van der Waals surface area contributed by atoms with E-state index in [0.717, 1.165) is 24.8 Å². The number of piperidine rings is 1. The summed E-state index contributed by atoms with van der Waals surface area (Å²) in [7, 11) is -3.53. The van der Waals surface area contributed by atoms with E-state index in [-0.39, 0.29) is 16.6 Å². The minimum absolute atomic E-state index is 0.170. The number of ketones is 1.